The third-order valence-electron chi connectivity index (χ3n) is 18.0. The van der Waals surface area contributed by atoms with Crippen molar-refractivity contribution in [2.45, 2.75) is 202 Å². The van der Waals surface area contributed by atoms with E-state index in [1.54, 1.807) is 0 Å². The van der Waals surface area contributed by atoms with Gasteiger partial charge in [0, 0.05) is 12.3 Å². The van der Waals surface area contributed by atoms with Crippen LogP contribution in [0.25, 0.3) is 0 Å². The molecule has 19 heteroatoms. The van der Waals surface area contributed by atoms with E-state index in [0.717, 1.165) is 44.9 Å². The highest BCUT2D eigenvalue weighted by Crippen LogP contribution is 2.71. The molecule has 4 heterocycles. The minimum absolute atomic E-state index is 0.00000712. The Hall–Kier alpha value is -0.760. The van der Waals surface area contributed by atoms with Gasteiger partial charge in [0.15, 0.2) is 24.7 Å². The molecule has 0 aromatic heterocycles. The Bertz CT molecular complexity index is 1560. The molecule has 0 radical (unpaired) electrons. The largest absolute Gasteiger partial charge is 0.394 e. The summed E-state index contributed by atoms with van der Waals surface area (Å²) in [7, 11) is 0. The van der Waals surface area contributed by atoms with Gasteiger partial charge in [0.1, 0.15) is 73.2 Å². The van der Waals surface area contributed by atoms with Crippen molar-refractivity contribution >= 4 is 0 Å². The summed E-state index contributed by atoms with van der Waals surface area (Å²) in [5, 5.41) is 125. The molecular formula is C45H76O19. The van der Waals surface area contributed by atoms with Gasteiger partial charge in [0.2, 0.25) is 0 Å². The zero-order valence-electron chi connectivity index (χ0n) is 37.5. The molecule has 0 aromatic carbocycles. The second kappa shape index (κ2) is 19.2. The predicted molar refractivity (Wildman–Crippen MR) is 219 cm³/mol. The minimum atomic E-state index is -1.75. The van der Waals surface area contributed by atoms with E-state index >= 15 is 0 Å². The average molecular weight is 921 g/mol. The van der Waals surface area contributed by atoms with Gasteiger partial charge >= 0.3 is 0 Å². The lowest BCUT2D eigenvalue weighted by molar-refractivity contribution is -0.373. The number of hydrogen-bond donors (Lipinski definition) is 12. The van der Waals surface area contributed by atoms with E-state index in [4.69, 9.17) is 33.2 Å². The van der Waals surface area contributed by atoms with E-state index in [9.17, 15) is 61.3 Å². The van der Waals surface area contributed by atoms with Crippen LogP contribution in [0.15, 0.2) is 0 Å². The highest BCUT2D eigenvalue weighted by atomic mass is 16.8. The molecule has 8 fully saturated rings. The Kier molecular flexibility index (Phi) is 14.9. The third kappa shape index (κ3) is 8.65. The first-order valence-electron chi connectivity index (χ1n) is 23.9. The summed E-state index contributed by atoms with van der Waals surface area (Å²) in [6.45, 7) is 7.28. The van der Waals surface area contributed by atoms with Crippen molar-refractivity contribution in [3.05, 3.63) is 0 Å². The summed E-state index contributed by atoms with van der Waals surface area (Å²) in [6.07, 6.45) is -13.7. The summed E-state index contributed by atoms with van der Waals surface area (Å²) in [6, 6.07) is 0. The zero-order valence-corrected chi connectivity index (χ0v) is 37.5. The monoisotopic (exact) mass is 920 g/mol. The molecule has 4 aliphatic carbocycles. The minimum Gasteiger partial charge on any atom is -0.394 e. The smallest absolute Gasteiger partial charge is 0.187 e. The lowest BCUT2D eigenvalue weighted by Gasteiger charge is -2.61. The van der Waals surface area contributed by atoms with Crippen molar-refractivity contribution in [3.8, 4) is 0 Å². The molecule has 0 aromatic rings. The van der Waals surface area contributed by atoms with Crippen molar-refractivity contribution in [2.75, 3.05) is 26.4 Å². The van der Waals surface area contributed by atoms with Gasteiger partial charge in [-0.05, 0) is 104 Å². The van der Waals surface area contributed by atoms with E-state index in [0.29, 0.717) is 42.9 Å². The van der Waals surface area contributed by atoms with E-state index in [-0.39, 0.29) is 47.4 Å². The van der Waals surface area contributed by atoms with Gasteiger partial charge < -0.3 is 94.4 Å². The van der Waals surface area contributed by atoms with Gasteiger partial charge in [-0.25, -0.2) is 0 Å². The van der Waals surface area contributed by atoms with Crippen molar-refractivity contribution in [3.63, 3.8) is 0 Å². The van der Waals surface area contributed by atoms with Crippen molar-refractivity contribution in [2.24, 2.45) is 52.3 Å². The Labute approximate surface area is 374 Å². The molecule has 0 amide bonds. The van der Waals surface area contributed by atoms with Crippen LogP contribution < -0.4 is 0 Å². The summed E-state index contributed by atoms with van der Waals surface area (Å²) in [5.41, 5.74) is 0.0475. The highest BCUT2D eigenvalue weighted by molar-refractivity contribution is 5.15. The number of aliphatic hydroxyl groups is 12. The van der Waals surface area contributed by atoms with Crippen LogP contribution in [0, 0.1) is 52.3 Å². The molecule has 4 aliphatic heterocycles. The maximum atomic E-state index is 12.1. The standard InChI is InChI=1S/C45H76O19/c1-19(18-58-40-37(55)34(52)31(49)27(15-46)60-40)7-12-45(57)20(2)30-26(64-45)14-25-23-6-5-21-13-22(8-10-43(21,3)24(23)9-11-44(25,30)4)59-42-39(36(54)33(51)29(17-48)62-42)63-41-38(56)35(53)32(50)28(16-47)61-41/h19-42,46-57H,5-18H2,1-4H3/t19-,20+,21-,22+,23-,24+,25+,26+,27-,28-,29-,30+,31-,32-,33+,34+,35+,36+,37-,38-,39-,40-,41+,42-,43+,44+,45+/m1/s1. The topological polar surface area (TPSA) is 307 Å². The second-order valence-corrected chi connectivity index (χ2v) is 21.5. The Morgan fingerprint density at radius 1 is 0.625 bits per heavy atom. The first-order valence-corrected chi connectivity index (χ1v) is 23.9. The Morgan fingerprint density at radius 2 is 1.20 bits per heavy atom. The molecule has 12 N–H and O–H groups in total. The molecule has 4 saturated heterocycles. The molecule has 0 bridgehead atoms. The van der Waals surface area contributed by atoms with Gasteiger partial charge in [0.05, 0.1) is 38.6 Å². The summed E-state index contributed by atoms with van der Waals surface area (Å²) >= 11 is 0. The van der Waals surface area contributed by atoms with Crippen LogP contribution >= 0.6 is 0 Å². The molecule has 0 unspecified atom stereocenters. The number of aliphatic hydroxyl groups excluding tert-OH is 11. The first-order chi connectivity index (χ1) is 30.3. The molecule has 0 spiro atoms. The third-order valence-corrected chi connectivity index (χ3v) is 18.0. The van der Waals surface area contributed by atoms with Crippen LogP contribution in [0.4, 0.5) is 0 Å². The second-order valence-electron chi connectivity index (χ2n) is 21.5. The van der Waals surface area contributed by atoms with Crippen molar-refractivity contribution in [1.82, 2.24) is 0 Å². The quantitative estimate of drug-likeness (QED) is 0.0909. The van der Waals surface area contributed by atoms with Gasteiger partial charge in [-0.2, -0.15) is 0 Å². The van der Waals surface area contributed by atoms with E-state index in [1.165, 1.54) is 0 Å². The molecule has 8 rings (SSSR count). The normalized spacial score (nSPS) is 55.6. The molecule has 370 valence electrons. The Morgan fingerprint density at radius 3 is 1.84 bits per heavy atom. The van der Waals surface area contributed by atoms with Crippen LogP contribution in [0.3, 0.4) is 0 Å². The van der Waals surface area contributed by atoms with E-state index in [2.05, 4.69) is 20.8 Å². The van der Waals surface area contributed by atoms with Crippen LogP contribution in [0.1, 0.15) is 91.9 Å². The van der Waals surface area contributed by atoms with E-state index in [1.807, 2.05) is 6.92 Å². The molecule has 64 heavy (non-hydrogen) atoms. The number of fused-ring (bicyclic) bond motifs is 7. The lowest BCUT2D eigenvalue weighted by Crippen LogP contribution is -2.65. The van der Waals surface area contributed by atoms with Crippen LogP contribution in [-0.4, -0.2) is 198 Å². The molecular weight excluding hydrogens is 844 g/mol. The number of ether oxygens (including phenoxy) is 7. The average Bonchev–Trinajstić information content (AvgIpc) is 3.71. The van der Waals surface area contributed by atoms with Gasteiger partial charge in [-0.1, -0.05) is 27.7 Å². The summed E-state index contributed by atoms with van der Waals surface area (Å²) in [5.74, 6) is 0.532. The summed E-state index contributed by atoms with van der Waals surface area (Å²) in [4.78, 5) is 0. The maximum absolute atomic E-state index is 12.1. The molecule has 4 saturated carbocycles. The predicted octanol–water partition coefficient (Wildman–Crippen LogP) is -1.78. The van der Waals surface area contributed by atoms with E-state index < -0.39 is 118 Å². The first kappa shape index (κ1) is 49.7. The van der Waals surface area contributed by atoms with Gasteiger partial charge in [-0.3, -0.25) is 0 Å². The lowest BCUT2D eigenvalue weighted by atomic mass is 9.44. The fraction of sp³-hybridized carbons (Fsp3) is 1.00. The molecule has 27 atom stereocenters. The van der Waals surface area contributed by atoms with Crippen LogP contribution in [0.5, 0.6) is 0 Å². The highest BCUT2D eigenvalue weighted by Gasteiger charge is 2.68. The fourth-order valence-electron chi connectivity index (χ4n) is 14.2. The van der Waals surface area contributed by atoms with Crippen molar-refractivity contribution < 1.29 is 94.4 Å². The summed E-state index contributed by atoms with van der Waals surface area (Å²) < 4.78 is 42.0. The van der Waals surface area contributed by atoms with Gasteiger partial charge in [-0.15, -0.1) is 0 Å². The zero-order chi connectivity index (χ0) is 46.2. The number of rotatable bonds is 13. The molecule has 19 nitrogen and oxygen atoms in total. The number of hydrogen-bond acceptors (Lipinski definition) is 19. The van der Waals surface area contributed by atoms with Crippen LogP contribution in [0.2, 0.25) is 0 Å². The SMILES string of the molecule is C[C@H](CC[C@]1(O)O[C@H]2C[C@H]3[C@@H]4CC[C@@H]5C[C@@H](O[C@@H]6O[C@H](CO)[C@H](O)[C@H](O)[C@H]6O[C@@H]6O[C@H](CO)[C@@H](O)[C@H](O)[C@H]6O)CC[C@]5(C)[C@H]4CC[C@]3(C)[C@H]2[C@@H]1C)CO[C@@H]1O[C@H](CO)[C@@H](O)[C@H](O)[C@H]1O. The maximum Gasteiger partial charge on any atom is 0.187 e. The Balaban J connectivity index is 0.869. The fourth-order valence-corrected chi connectivity index (χ4v) is 14.2. The molecule has 8 aliphatic rings. The van der Waals surface area contributed by atoms with Gasteiger partial charge in [0.25, 0.3) is 0 Å². The van der Waals surface area contributed by atoms with Crippen molar-refractivity contribution in [1.29, 1.82) is 0 Å². The van der Waals surface area contributed by atoms with Crippen LogP contribution in [-0.2, 0) is 33.2 Å².